The van der Waals surface area contributed by atoms with Gasteiger partial charge in [-0.3, -0.25) is 15.0 Å². The van der Waals surface area contributed by atoms with Crippen molar-refractivity contribution < 1.29 is 4.79 Å². The van der Waals surface area contributed by atoms with Crippen LogP contribution < -0.4 is 11.1 Å². The van der Waals surface area contributed by atoms with E-state index in [1.807, 2.05) is 26.0 Å². The van der Waals surface area contributed by atoms with Gasteiger partial charge in [-0.2, -0.15) is 0 Å². The lowest BCUT2D eigenvalue weighted by Gasteiger charge is -2.35. The number of hydrogen-bond donors (Lipinski definition) is 2. The number of amides is 1. The Balaban J connectivity index is 1.38. The Morgan fingerprint density at radius 3 is 2.54 bits per heavy atom. The van der Waals surface area contributed by atoms with Crippen molar-refractivity contribution in [1.29, 1.82) is 0 Å². The summed E-state index contributed by atoms with van der Waals surface area (Å²) >= 11 is 0. The Morgan fingerprint density at radius 2 is 1.96 bits per heavy atom. The van der Waals surface area contributed by atoms with E-state index >= 15 is 0 Å². The Kier molecular flexibility index (Phi) is 4.23. The molecule has 1 spiro atoms. The van der Waals surface area contributed by atoms with Crippen LogP contribution in [0.3, 0.4) is 0 Å². The SMILES string of the molecule is CN(C)C1=NC2(CCN(Cc3nnc(C4CC(N)C4)n3C)CC2)C(=O)N1. The van der Waals surface area contributed by atoms with E-state index in [1.165, 1.54) is 0 Å². The van der Waals surface area contributed by atoms with E-state index in [9.17, 15) is 4.79 Å². The molecule has 1 amide bonds. The van der Waals surface area contributed by atoms with Gasteiger partial charge < -0.3 is 15.2 Å². The van der Waals surface area contributed by atoms with Gasteiger partial charge in [-0.15, -0.1) is 10.2 Å². The van der Waals surface area contributed by atoms with E-state index in [0.29, 0.717) is 17.9 Å². The van der Waals surface area contributed by atoms with Crippen molar-refractivity contribution in [2.75, 3.05) is 27.2 Å². The number of guanidine groups is 1. The molecular formula is C17H28N8O. The summed E-state index contributed by atoms with van der Waals surface area (Å²) in [6, 6.07) is 0.309. The zero-order chi connectivity index (χ0) is 18.5. The number of rotatable bonds is 3. The molecule has 0 radical (unpaired) electrons. The molecule has 1 aliphatic carbocycles. The highest BCUT2D eigenvalue weighted by atomic mass is 16.2. The summed E-state index contributed by atoms with van der Waals surface area (Å²) in [5.41, 5.74) is 5.30. The number of aromatic nitrogens is 3. The summed E-state index contributed by atoms with van der Waals surface area (Å²) in [5, 5.41) is 11.7. The van der Waals surface area contributed by atoms with Crippen molar-refractivity contribution >= 4 is 11.9 Å². The highest BCUT2D eigenvalue weighted by molar-refractivity contribution is 6.07. The number of nitrogens with zero attached hydrogens (tertiary/aromatic N) is 6. The molecule has 1 saturated carbocycles. The van der Waals surface area contributed by atoms with E-state index in [4.69, 9.17) is 5.73 Å². The topological polar surface area (TPSA) is 105 Å². The van der Waals surface area contributed by atoms with Crippen LogP contribution in [0.4, 0.5) is 0 Å². The molecule has 3 heterocycles. The molecule has 4 rings (SSSR count). The number of likely N-dealkylation sites (tertiary alicyclic amines) is 1. The predicted molar refractivity (Wildman–Crippen MR) is 97.5 cm³/mol. The second kappa shape index (κ2) is 6.31. The summed E-state index contributed by atoms with van der Waals surface area (Å²) < 4.78 is 2.12. The van der Waals surface area contributed by atoms with Gasteiger partial charge in [0.2, 0.25) is 5.96 Å². The molecule has 9 heteroatoms. The molecule has 0 unspecified atom stereocenters. The lowest BCUT2D eigenvalue weighted by Crippen LogP contribution is -2.49. The molecule has 2 aliphatic heterocycles. The lowest BCUT2D eigenvalue weighted by molar-refractivity contribution is -0.125. The Bertz CT molecular complexity index is 725. The second-order valence-electron chi connectivity index (χ2n) is 8.05. The number of carbonyl (C=O) groups is 1. The van der Waals surface area contributed by atoms with Crippen molar-refractivity contribution in [2.45, 2.75) is 49.7 Å². The minimum absolute atomic E-state index is 0.0307. The fraction of sp³-hybridized carbons (Fsp3) is 0.765. The number of piperidine rings is 1. The van der Waals surface area contributed by atoms with E-state index < -0.39 is 5.54 Å². The molecule has 1 aromatic rings. The van der Waals surface area contributed by atoms with Gasteiger partial charge >= 0.3 is 0 Å². The van der Waals surface area contributed by atoms with Gasteiger partial charge in [0, 0.05) is 46.2 Å². The summed E-state index contributed by atoms with van der Waals surface area (Å²) in [7, 11) is 5.83. The first-order chi connectivity index (χ1) is 12.4. The summed E-state index contributed by atoms with van der Waals surface area (Å²) in [5.74, 6) is 3.17. The van der Waals surface area contributed by atoms with Crippen molar-refractivity contribution in [3.8, 4) is 0 Å². The van der Waals surface area contributed by atoms with E-state index in [1.54, 1.807) is 0 Å². The molecule has 0 atom stereocenters. The minimum Gasteiger partial charge on any atom is -0.349 e. The Hall–Kier alpha value is -2.00. The molecule has 3 aliphatic rings. The van der Waals surface area contributed by atoms with E-state index in [0.717, 1.165) is 57.0 Å². The monoisotopic (exact) mass is 360 g/mol. The second-order valence-corrected chi connectivity index (χ2v) is 8.05. The number of aliphatic imine (C=N–C) groups is 1. The van der Waals surface area contributed by atoms with Crippen LogP contribution in [0.1, 0.15) is 43.3 Å². The zero-order valence-electron chi connectivity index (χ0n) is 15.8. The van der Waals surface area contributed by atoms with Crippen molar-refractivity contribution in [1.82, 2.24) is 29.9 Å². The van der Waals surface area contributed by atoms with E-state index in [2.05, 4.69) is 30.0 Å². The Morgan fingerprint density at radius 1 is 1.27 bits per heavy atom. The van der Waals surface area contributed by atoms with Crippen molar-refractivity contribution in [3.05, 3.63) is 11.6 Å². The fourth-order valence-electron chi connectivity index (χ4n) is 4.07. The predicted octanol–water partition coefficient (Wildman–Crippen LogP) is -0.598. The first-order valence-electron chi connectivity index (χ1n) is 9.33. The molecular weight excluding hydrogens is 332 g/mol. The largest absolute Gasteiger partial charge is 0.349 e. The molecule has 9 nitrogen and oxygen atoms in total. The number of nitrogens with one attached hydrogen (secondary N) is 1. The summed E-state index contributed by atoms with van der Waals surface area (Å²) in [4.78, 5) is 21.3. The van der Waals surface area contributed by atoms with Crippen LogP contribution in [0.2, 0.25) is 0 Å². The summed E-state index contributed by atoms with van der Waals surface area (Å²) in [6.07, 6.45) is 3.47. The van der Waals surface area contributed by atoms with Crippen molar-refractivity contribution in [3.63, 3.8) is 0 Å². The minimum atomic E-state index is -0.594. The molecule has 2 fully saturated rings. The van der Waals surface area contributed by atoms with Crippen molar-refractivity contribution in [2.24, 2.45) is 17.8 Å². The van der Waals surface area contributed by atoms with Gasteiger partial charge in [-0.1, -0.05) is 0 Å². The van der Waals surface area contributed by atoms with Gasteiger partial charge in [0.1, 0.15) is 17.2 Å². The number of carbonyl (C=O) groups excluding carboxylic acids is 1. The maximum atomic E-state index is 12.4. The lowest BCUT2D eigenvalue weighted by atomic mass is 9.80. The number of hydrogen-bond acceptors (Lipinski definition) is 7. The van der Waals surface area contributed by atoms with Gasteiger partial charge in [-0.05, 0) is 25.7 Å². The highest BCUT2D eigenvalue weighted by Crippen LogP contribution is 2.35. The zero-order valence-corrected chi connectivity index (χ0v) is 15.8. The van der Waals surface area contributed by atoms with E-state index in [-0.39, 0.29) is 5.91 Å². The van der Waals surface area contributed by atoms with Crippen LogP contribution in [0.15, 0.2) is 4.99 Å². The average Bonchev–Trinajstić information content (AvgIpc) is 3.09. The van der Waals surface area contributed by atoms with Crippen LogP contribution >= 0.6 is 0 Å². The molecule has 0 bridgehead atoms. The van der Waals surface area contributed by atoms with Crippen LogP contribution in [0.25, 0.3) is 0 Å². The third-order valence-electron chi connectivity index (χ3n) is 5.98. The molecule has 142 valence electrons. The normalized spacial score (nSPS) is 28.0. The smallest absolute Gasteiger partial charge is 0.254 e. The van der Waals surface area contributed by atoms with Crippen LogP contribution in [-0.4, -0.2) is 75.2 Å². The maximum absolute atomic E-state index is 12.4. The first kappa shape index (κ1) is 17.4. The fourth-order valence-corrected chi connectivity index (χ4v) is 4.07. The van der Waals surface area contributed by atoms with Gasteiger partial charge in [-0.25, -0.2) is 4.99 Å². The maximum Gasteiger partial charge on any atom is 0.254 e. The molecule has 3 N–H and O–H groups in total. The molecule has 1 saturated heterocycles. The highest BCUT2D eigenvalue weighted by Gasteiger charge is 2.46. The number of nitrogens with two attached hydrogens (primary N) is 1. The quantitative estimate of drug-likeness (QED) is 0.746. The standard InChI is InChI=1S/C17H28N8O/c1-23(2)16-19-15(26)17(20-16)4-6-25(7-5-17)10-13-21-22-14(24(13)3)11-8-12(18)9-11/h11-12H,4-10,18H2,1-3H3,(H,19,20,26). The summed E-state index contributed by atoms with van der Waals surface area (Å²) in [6.45, 7) is 2.41. The van der Waals surface area contributed by atoms with Crippen LogP contribution in [0.5, 0.6) is 0 Å². The average molecular weight is 360 g/mol. The molecule has 0 aromatic carbocycles. The molecule has 26 heavy (non-hydrogen) atoms. The third kappa shape index (κ3) is 2.88. The first-order valence-corrected chi connectivity index (χ1v) is 9.33. The van der Waals surface area contributed by atoms with Gasteiger partial charge in [0.25, 0.3) is 5.91 Å². The van der Waals surface area contributed by atoms with Gasteiger partial charge in [0.15, 0.2) is 0 Å². The van der Waals surface area contributed by atoms with Crippen LogP contribution in [-0.2, 0) is 18.4 Å². The van der Waals surface area contributed by atoms with Crippen LogP contribution in [0, 0.1) is 0 Å². The van der Waals surface area contributed by atoms with Gasteiger partial charge in [0.05, 0.1) is 6.54 Å². The third-order valence-corrected chi connectivity index (χ3v) is 5.98. The molecule has 1 aromatic heterocycles. The Labute approximate surface area is 153 Å².